The molecular weight excluding hydrogens is 732 g/mol. The van der Waals surface area contributed by atoms with E-state index in [1.165, 1.54) is 28.4 Å². The Kier molecular flexibility index (Phi) is 7.03. The third-order valence-electron chi connectivity index (χ3n) is 9.33. The molecule has 3 heterocycles. The van der Waals surface area contributed by atoms with Gasteiger partial charge >= 0.3 is 11.4 Å². The molecule has 1 aliphatic carbocycles. The second kappa shape index (κ2) is 10.6. The topological polar surface area (TPSA) is 116 Å². The summed E-state index contributed by atoms with van der Waals surface area (Å²) in [5.74, 6) is -2.70. The lowest BCUT2D eigenvalue weighted by Gasteiger charge is -2.49. The smallest absolute Gasteiger partial charge is 0.347 e. The van der Waals surface area contributed by atoms with Crippen LogP contribution in [0.3, 0.4) is 0 Å². The summed E-state index contributed by atoms with van der Waals surface area (Å²) in [4.78, 5) is 57.7. The first kappa shape index (κ1) is 29.8. The first-order chi connectivity index (χ1) is 21.5. The van der Waals surface area contributed by atoms with Crippen molar-refractivity contribution in [2.24, 2.45) is 13.0 Å². The number of aromatic nitrogens is 3. The van der Waals surface area contributed by atoms with Crippen LogP contribution in [0, 0.1) is 5.92 Å². The molecule has 4 aromatic rings. The van der Waals surface area contributed by atoms with Crippen molar-refractivity contribution in [3.05, 3.63) is 118 Å². The minimum atomic E-state index is -1.49. The number of rotatable bonds is 4. The van der Waals surface area contributed by atoms with E-state index >= 15 is 4.79 Å². The predicted octanol–water partition coefficient (Wildman–Crippen LogP) is 5.04. The Morgan fingerprint density at radius 2 is 1.71 bits per heavy atom. The molecule has 0 spiro atoms. The zero-order valence-electron chi connectivity index (χ0n) is 23.9. The molecule has 3 aliphatic rings. The van der Waals surface area contributed by atoms with Gasteiger partial charge in [-0.1, -0.05) is 54.1 Å². The lowest BCUT2D eigenvalue weighted by molar-refractivity contribution is -0.124. The first-order valence-corrected chi connectivity index (χ1v) is 16.0. The minimum Gasteiger partial charge on any atom is -0.503 e. The fourth-order valence-corrected chi connectivity index (χ4v) is 8.58. The summed E-state index contributed by atoms with van der Waals surface area (Å²) in [7, 11) is 2.84. The number of allylic oxidation sites excluding steroid dienone is 2. The number of hydrogen-bond donors (Lipinski definition) is 1. The summed E-state index contributed by atoms with van der Waals surface area (Å²) in [5, 5.41) is 11.2. The Labute approximate surface area is 278 Å². The molecule has 1 saturated carbocycles. The predicted molar refractivity (Wildman–Crippen MR) is 174 cm³/mol. The molecule has 45 heavy (non-hydrogen) atoms. The van der Waals surface area contributed by atoms with Crippen molar-refractivity contribution in [2.45, 2.75) is 30.3 Å². The fraction of sp³-hybridized carbons (Fsp3) is 0.250. The summed E-state index contributed by atoms with van der Waals surface area (Å²) in [6, 6.07) is 16.6. The maximum Gasteiger partial charge on any atom is 0.347 e. The van der Waals surface area contributed by atoms with Gasteiger partial charge in [0.2, 0.25) is 11.8 Å². The highest BCUT2D eigenvalue weighted by Gasteiger charge is 2.69. The third kappa shape index (κ3) is 3.98. The van der Waals surface area contributed by atoms with Crippen molar-refractivity contribution in [3.8, 4) is 11.5 Å². The van der Waals surface area contributed by atoms with E-state index in [2.05, 4.69) is 31.9 Å². The fourth-order valence-electron chi connectivity index (χ4n) is 7.44. The van der Waals surface area contributed by atoms with E-state index in [0.717, 1.165) is 4.57 Å². The average molecular weight is 757 g/mol. The van der Waals surface area contributed by atoms with Gasteiger partial charge in [0.05, 0.1) is 41.2 Å². The monoisotopic (exact) mass is 754 g/mol. The number of halogens is 3. The van der Waals surface area contributed by atoms with Crippen LogP contribution in [-0.4, -0.2) is 38.0 Å². The van der Waals surface area contributed by atoms with E-state index in [0.29, 0.717) is 36.4 Å². The molecule has 4 atom stereocenters. The van der Waals surface area contributed by atoms with Crippen molar-refractivity contribution in [3.63, 3.8) is 0 Å². The summed E-state index contributed by atoms with van der Waals surface area (Å²) in [6.45, 7) is 0.0843. The van der Waals surface area contributed by atoms with E-state index in [1.807, 2.05) is 36.4 Å². The van der Waals surface area contributed by atoms with Crippen LogP contribution in [0.5, 0.6) is 11.5 Å². The molecule has 1 saturated heterocycles. The summed E-state index contributed by atoms with van der Waals surface area (Å²) < 4.78 is 10.1. The summed E-state index contributed by atoms with van der Waals surface area (Å²) >= 11 is 13.5. The Morgan fingerprint density at radius 1 is 0.978 bits per heavy atom. The molecule has 13 heteroatoms. The molecule has 2 aliphatic heterocycles. The minimum absolute atomic E-state index is 0.0796. The van der Waals surface area contributed by atoms with Crippen LogP contribution in [0.1, 0.15) is 29.5 Å². The van der Waals surface area contributed by atoms with Crippen LogP contribution < -0.4 is 21.0 Å². The number of aromatic hydroxyl groups is 1. The number of anilines is 1. The standard InChI is InChI=1S/C32H25Br2ClN4O6/c1-36-30(43)37-12-11-19-22(39(37)31(36)44)15-21-28(41)38(18-10-6-9-17(35)13-18)29(42)32(21,16-7-4-3-5-8-16)24(19)20-14-23(45-2)27(40)26(34)25(20)33/h3-11,13-14,21-22,24,40H,12,15H2,1-2H3/t21-,22+,24+,32+/m0/s1. The molecule has 7 rings (SSSR count). The van der Waals surface area contributed by atoms with Gasteiger partial charge in [-0.05, 0) is 79.2 Å². The molecule has 0 unspecified atom stereocenters. The van der Waals surface area contributed by atoms with Gasteiger partial charge in [-0.2, -0.15) is 0 Å². The van der Waals surface area contributed by atoms with Gasteiger partial charge in [-0.3, -0.25) is 9.59 Å². The maximum atomic E-state index is 15.2. The Hall–Kier alpha value is -3.87. The molecule has 3 aromatic carbocycles. The van der Waals surface area contributed by atoms with Gasteiger partial charge in [-0.15, -0.1) is 0 Å². The van der Waals surface area contributed by atoms with Gasteiger partial charge in [0.25, 0.3) is 0 Å². The van der Waals surface area contributed by atoms with E-state index in [-0.39, 0.29) is 24.5 Å². The number of carbonyl (C=O) groups is 2. The van der Waals surface area contributed by atoms with E-state index in [1.54, 1.807) is 30.3 Å². The SMILES string of the molecule is COc1cc([C@H]2C3=CCn4c(=O)n(C)c(=O)n4[C@@H]3C[C@H]3C(=O)N(c4cccc(Cl)c4)C(=O)[C@@]23c2ccccc2)c(Br)c(Br)c1O. The number of ether oxygens (including phenoxy) is 1. The van der Waals surface area contributed by atoms with Crippen molar-refractivity contribution < 1.29 is 19.4 Å². The van der Waals surface area contributed by atoms with Gasteiger partial charge < -0.3 is 9.84 Å². The molecule has 0 bridgehead atoms. The lowest BCUT2D eigenvalue weighted by atomic mass is 9.53. The lowest BCUT2D eigenvalue weighted by Crippen LogP contribution is -2.53. The quantitative estimate of drug-likeness (QED) is 0.231. The highest BCUT2D eigenvalue weighted by molar-refractivity contribution is 9.13. The third-order valence-corrected chi connectivity index (χ3v) is 11.7. The second-order valence-electron chi connectivity index (χ2n) is 11.3. The second-order valence-corrected chi connectivity index (χ2v) is 13.4. The highest BCUT2D eigenvalue weighted by Crippen LogP contribution is 2.64. The number of benzene rings is 3. The molecule has 230 valence electrons. The number of phenols is 1. The van der Waals surface area contributed by atoms with Crippen LogP contribution in [-0.2, 0) is 28.6 Å². The number of methoxy groups -OCH3 is 1. The molecule has 2 amide bonds. The van der Waals surface area contributed by atoms with E-state index in [9.17, 15) is 19.5 Å². The zero-order chi connectivity index (χ0) is 31.9. The van der Waals surface area contributed by atoms with E-state index in [4.69, 9.17) is 16.3 Å². The van der Waals surface area contributed by atoms with Crippen LogP contribution >= 0.6 is 43.5 Å². The van der Waals surface area contributed by atoms with Gasteiger partial charge in [0.15, 0.2) is 11.5 Å². The van der Waals surface area contributed by atoms with Crippen LogP contribution in [0.25, 0.3) is 0 Å². The molecule has 1 N–H and O–H groups in total. The molecular formula is C32H25Br2ClN4O6. The Bertz CT molecular complexity index is 2090. The number of fused-ring (bicyclic) bond motifs is 4. The number of amides is 2. The number of nitrogens with zero attached hydrogens (tertiary/aromatic N) is 4. The number of imide groups is 1. The number of hydrogen-bond acceptors (Lipinski definition) is 6. The molecule has 1 aromatic heterocycles. The van der Waals surface area contributed by atoms with Gasteiger partial charge in [0.1, 0.15) is 0 Å². The Balaban J connectivity index is 1.60. The first-order valence-electron chi connectivity index (χ1n) is 14.1. The Morgan fingerprint density at radius 3 is 2.40 bits per heavy atom. The van der Waals surface area contributed by atoms with Crippen LogP contribution in [0.4, 0.5) is 5.69 Å². The normalized spacial score (nSPS) is 23.8. The largest absolute Gasteiger partial charge is 0.503 e. The van der Waals surface area contributed by atoms with Gasteiger partial charge in [0, 0.05) is 22.5 Å². The average Bonchev–Trinajstić information content (AvgIpc) is 3.41. The molecule has 0 radical (unpaired) electrons. The maximum absolute atomic E-state index is 15.2. The van der Waals surface area contributed by atoms with Crippen molar-refractivity contribution in [1.82, 2.24) is 13.9 Å². The van der Waals surface area contributed by atoms with Crippen molar-refractivity contribution >= 4 is 61.0 Å². The summed E-state index contributed by atoms with van der Waals surface area (Å²) in [5.41, 5.74) is -0.304. The van der Waals surface area contributed by atoms with Gasteiger partial charge in [-0.25, -0.2) is 28.4 Å². The van der Waals surface area contributed by atoms with Crippen molar-refractivity contribution in [2.75, 3.05) is 12.0 Å². The molecule has 2 fully saturated rings. The number of carbonyl (C=O) groups excluding carboxylic acids is 2. The van der Waals surface area contributed by atoms with Crippen molar-refractivity contribution in [1.29, 1.82) is 0 Å². The van der Waals surface area contributed by atoms with Crippen LogP contribution in [0.2, 0.25) is 5.02 Å². The zero-order valence-corrected chi connectivity index (χ0v) is 27.8. The molecule has 10 nitrogen and oxygen atoms in total. The van der Waals surface area contributed by atoms with Crippen LogP contribution in [0.15, 0.2) is 90.8 Å². The van der Waals surface area contributed by atoms with E-state index < -0.39 is 46.5 Å². The summed E-state index contributed by atoms with van der Waals surface area (Å²) in [6.07, 6.45) is 1.95. The number of phenolic OH excluding ortho intramolecular Hbond substituents is 1. The highest BCUT2D eigenvalue weighted by atomic mass is 79.9.